The number of ether oxygens (including phenoxy) is 1. The predicted octanol–water partition coefficient (Wildman–Crippen LogP) is 2.41. The van der Waals surface area contributed by atoms with Crippen LogP contribution in [0, 0.1) is 5.92 Å². The van der Waals surface area contributed by atoms with Crippen molar-refractivity contribution in [3.05, 3.63) is 28.8 Å². The van der Waals surface area contributed by atoms with Gasteiger partial charge in [0, 0.05) is 0 Å². The molecule has 0 aliphatic heterocycles. The van der Waals surface area contributed by atoms with Gasteiger partial charge in [-0.15, -0.1) is 0 Å². The number of nitrogens with two attached hydrogens (primary N) is 1. The Morgan fingerprint density at radius 2 is 2.36 bits per heavy atom. The fourth-order valence-electron chi connectivity index (χ4n) is 1.82. The van der Waals surface area contributed by atoms with Gasteiger partial charge in [0.15, 0.2) is 0 Å². The first-order chi connectivity index (χ1) is 6.76. The van der Waals surface area contributed by atoms with Gasteiger partial charge in [-0.2, -0.15) is 0 Å². The summed E-state index contributed by atoms with van der Waals surface area (Å²) in [6.45, 7) is 0.773. The minimum atomic E-state index is 0.617. The minimum Gasteiger partial charge on any atom is -0.495 e. The maximum atomic E-state index is 5.94. The standard InChI is InChI=1S/C11H14ClNO/c1-14-11-5-7(2-3-10(11)12)9-4-8(9)6-13/h2-3,5,8-9H,4,6,13H2,1H3. The molecule has 14 heavy (non-hydrogen) atoms. The van der Waals surface area contributed by atoms with Crippen molar-refractivity contribution in [1.29, 1.82) is 0 Å². The Morgan fingerprint density at radius 3 is 2.93 bits per heavy atom. The van der Waals surface area contributed by atoms with Gasteiger partial charge >= 0.3 is 0 Å². The van der Waals surface area contributed by atoms with E-state index in [1.54, 1.807) is 7.11 Å². The lowest BCUT2D eigenvalue weighted by Gasteiger charge is -2.05. The third kappa shape index (κ3) is 1.72. The fourth-order valence-corrected chi connectivity index (χ4v) is 2.02. The average molecular weight is 212 g/mol. The molecule has 0 aromatic heterocycles. The molecule has 0 radical (unpaired) electrons. The van der Waals surface area contributed by atoms with E-state index in [4.69, 9.17) is 22.1 Å². The van der Waals surface area contributed by atoms with Gasteiger partial charge in [-0.05, 0) is 42.5 Å². The number of hydrogen-bond donors (Lipinski definition) is 1. The van der Waals surface area contributed by atoms with Gasteiger partial charge in [-0.1, -0.05) is 17.7 Å². The second-order valence-electron chi connectivity index (χ2n) is 3.73. The minimum absolute atomic E-state index is 0.617. The van der Waals surface area contributed by atoms with E-state index in [1.807, 2.05) is 12.1 Å². The molecule has 3 heteroatoms. The maximum absolute atomic E-state index is 5.94. The number of benzene rings is 1. The van der Waals surface area contributed by atoms with Crippen LogP contribution in [0.3, 0.4) is 0 Å². The van der Waals surface area contributed by atoms with Crippen molar-refractivity contribution in [2.75, 3.05) is 13.7 Å². The number of hydrogen-bond acceptors (Lipinski definition) is 2. The normalized spacial score (nSPS) is 24.8. The molecule has 1 aliphatic rings. The van der Waals surface area contributed by atoms with Crippen LogP contribution in [0.25, 0.3) is 0 Å². The molecule has 1 aliphatic carbocycles. The van der Waals surface area contributed by atoms with Crippen LogP contribution in [0.15, 0.2) is 18.2 Å². The molecule has 2 unspecified atom stereocenters. The Labute approximate surface area is 89.0 Å². The molecule has 0 bridgehead atoms. The molecule has 1 saturated carbocycles. The third-order valence-corrected chi connectivity index (χ3v) is 3.14. The maximum Gasteiger partial charge on any atom is 0.137 e. The monoisotopic (exact) mass is 211 g/mol. The van der Waals surface area contributed by atoms with E-state index < -0.39 is 0 Å². The molecular formula is C11H14ClNO. The van der Waals surface area contributed by atoms with E-state index in [1.165, 1.54) is 12.0 Å². The van der Waals surface area contributed by atoms with E-state index >= 15 is 0 Å². The molecular weight excluding hydrogens is 198 g/mol. The summed E-state index contributed by atoms with van der Waals surface area (Å²) in [6.07, 6.45) is 1.20. The lowest BCUT2D eigenvalue weighted by Crippen LogP contribution is -2.02. The summed E-state index contributed by atoms with van der Waals surface area (Å²) in [7, 11) is 1.64. The van der Waals surface area contributed by atoms with Gasteiger partial charge < -0.3 is 10.5 Å². The largest absolute Gasteiger partial charge is 0.495 e. The van der Waals surface area contributed by atoms with Crippen molar-refractivity contribution < 1.29 is 4.74 Å². The number of rotatable bonds is 3. The van der Waals surface area contributed by atoms with Crippen molar-refractivity contribution in [2.24, 2.45) is 11.7 Å². The second kappa shape index (κ2) is 3.79. The van der Waals surface area contributed by atoms with E-state index in [0.29, 0.717) is 16.9 Å². The lowest BCUT2D eigenvalue weighted by molar-refractivity contribution is 0.414. The second-order valence-corrected chi connectivity index (χ2v) is 4.14. The lowest BCUT2D eigenvalue weighted by atomic mass is 10.1. The molecule has 1 fully saturated rings. The first-order valence-electron chi connectivity index (χ1n) is 4.79. The zero-order chi connectivity index (χ0) is 10.1. The van der Waals surface area contributed by atoms with Crippen LogP contribution < -0.4 is 10.5 Å². The van der Waals surface area contributed by atoms with Crippen molar-refractivity contribution in [1.82, 2.24) is 0 Å². The number of halogens is 1. The summed E-state index contributed by atoms with van der Waals surface area (Å²) in [5.41, 5.74) is 6.90. The van der Waals surface area contributed by atoms with Crippen LogP contribution >= 0.6 is 11.6 Å². The van der Waals surface area contributed by atoms with Crippen LogP contribution in [-0.2, 0) is 0 Å². The molecule has 0 spiro atoms. The van der Waals surface area contributed by atoms with Gasteiger partial charge in [0.1, 0.15) is 5.75 Å². The van der Waals surface area contributed by atoms with Gasteiger partial charge in [-0.3, -0.25) is 0 Å². The van der Waals surface area contributed by atoms with Gasteiger partial charge in [0.05, 0.1) is 12.1 Å². The Morgan fingerprint density at radius 1 is 1.57 bits per heavy atom. The smallest absolute Gasteiger partial charge is 0.137 e. The van der Waals surface area contributed by atoms with Crippen LogP contribution in [0.4, 0.5) is 0 Å². The third-order valence-electron chi connectivity index (χ3n) is 2.83. The Kier molecular flexibility index (Phi) is 2.66. The quantitative estimate of drug-likeness (QED) is 0.834. The topological polar surface area (TPSA) is 35.2 Å². The predicted molar refractivity (Wildman–Crippen MR) is 57.9 cm³/mol. The SMILES string of the molecule is COc1cc(C2CC2CN)ccc1Cl. The highest BCUT2D eigenvalue weighted by atomic mass is 35.5. The van der Waals surface area contributed by atoms with Crippen LogP contribution in [0.2, 0.25) is 5.02 Å². The number of methoxy groups -OCH3 is 1. The highest BCUT2D eigenvalue weighted by molar-refractivity contribution is 6.32. The summed E-state index contributed by atoms with van der Waals surface area (Å²) < 4.78 is 5.17. The molecule has 0 heterocycles. The summed E-state index contributed by atoms with van der Waals surface area (Å²) >= 11 is 5.94. The first kappa shape index (κ1) is 9.81. The average Bonchev–Trinajstić information content (AvgIpc) is 2.98. The van der Waals surface area contributed by atoms with Gasteiger partial charge in [0.2, 0.25) is 0 Å². The van der Waals surface area contributed by atoms with E-state index in [9.17, 15) is 0 Å². The van der Waals surface area contributed by atoms with E-state index in [2.05, 4.69) is 6.07 Å². The Bertz CT molecular complexity index is 340. The molecule has 1 aromatic rings. The van der Waals surface area contributed by atoms with Crippen LogP contribution in [-0.4, -0.2) is 13.7 Å². The molecule has 76 valence electrons. The van der Waals surface area contributed by atoms with Crippen molar-refractivity contribution in [3.63, 3.8) is 0 Å². The zero-order valence-corrected chi connectivity index (χ0v) is 8.92. The highest BCUT2D eigenvalue weighted by Gasteiger charge is 2.37. The molecule has 0 amide bonds. The summed E-state index contributed by atoms with van der Waals surface area (Å²) in [4.78, 5) is 0. The molecule has 1 aromatic carbocycles. The molecule has 2 atom stereocenters. The fraction of sp³-hybridized carbons (Fsp3) is 0.455. The van der Waals surface area contributed by atoms with Crippen LogP contribution in [0.5, 0.6) is 5.75 Å². The highest BCUT2D eigenvalue weighted by Crippen LogP contribution is 2.47. The summed E-state index contributed by atoms with van der Waals surface area (Å²) in [5.74, 6) is 2.03. The molecule has 2 rings (SSSR count). The molecule has 0 saturated heterocycles. The van der Waals surface area contributed by atoms with Crippen LogP contribution in [0.1, 0.15) is 17.9 Å². The first-order valence-corrected chi connectivity index (χ1v) is 5.17. The Hall–Kier alpha value is -0.730. The van der Waals surface area contributed by atoms with Gasteiger partial charge in [0.25, 0.3) is 0 Å². The molecule has 2 N–H and O–H groups in total. The zero-order valence-electron chi connectivity index (χ0n) is 8.16. The molecule has 2 nitrogen and oxygen atoms in total. The van der Waals surface area contributed by atoms with Crippen molar-refractivity contribution in [2.45, 2.75) is 12.3 Å². The van der Waals surface area contributed by atoms with E-state index in [0.717, 1.165) is 12.3 Å². The Balaban J connectivity index is 2.20. The van der Waals surface area contributed by atoms with Gasteiger partial charge in [-0.25, -0.2) is 0 Å². The van der Waals surface area contributed by atoms with E-state index in [-0.39, 0.29) is 0 Å². The van der Waals surface area contributed by atoms with Crippen molar-refractivity contribution >= 4 is 11.6 Å². The van der Waals surface area contributed by atoms with Crippen molar-refractivity contribution in [3.8, 4) is 5.75 Å². The summed E-state index contributed by atoms with van der Waals surface area (Å²) in [6, 6.07) is 5.97. The summed E-state index contributed by atoms with van der Waals surface area (Å²) in [5, 5.41) is 0.668.